The van der Waals surface area contributed by atoms with Gasteiger partial charge in [0.1, 0.15) is 5.66 Å². The van der Waals surface area contributed by atoms with Crippen LogP contribution >= 0.6 is 0 Å². The van der Waals surface area contributed by atoms with Crippen LogP contribution in [0.25, 0.3) is 0 Å². The molecule has 0 saturated carbocycles. The van der Waals surface area contributed by atoms with E-state index in [9.17, 15) is 14.4 Å². The molecule has 1 atom stereocenters. The summed E-state index contributed by atoms with van der Waals surface area (Å²) in [6.07, 6.45) is 2.00. The first kappa shape index (κ1) is 21.9. The number of anilines is 2. The van der Waals surface area contributed by atoms with Gasteiger partial charge < -0.3 is 15.1 Å². The molecule has 0 radical (unpaired) electrons. The number of carbonyl (C=O) groups is 3. The van der Waals surface area contributed by atoms with Gasteiger partial charge in [-0.3, -0.25) is 19.3 Å². The topological polar surface area (TPSA) is 73.0 Å². The molecule has 2 aromatic rings. The number of nitrogens with one attached hydrogen (secondary N) is 1. The van der Waals surface area contributed by atoms with E-state index < -0.39 is 5.66 Å². The zero-order chi connectivity index (χ0) is 22.7. The van der Waals surface area contributed by atoms with Crippen LogP contribution in [0.1, 0.15) is 43.0 Å². The van der Waals surface area contributed by atoms with Crippen molar-refractivity contribution in [1.29, 1.82) is 0 Å². The average Bonchev–Trinajstić information content (AvgIpc) is 3.12. The summed E-state index contributed by atoms with van der Waals surface area (Å²) in [5, 5.41) is 2.96. The SMILES string of the molecule is CN(CCCNC(=O)CCN1C(=O)c2ccccc2N2C(=O)CCC12C)c1ccccc1. The number of nitrogens with zero attached hydrogens (tertiary/aromatic N) is 3. The van der Waals surface area contributed by atoms with Crippen molar-refractivity contribution in [3.05, 3.63) is 60.2 Å². The summed E-state index contributed by atoms with van der Waals surface area (Å²) in [5.74, 6) is -0.186. The van der Waals surface area contributed by atoms with Crippen LogP contribution < -0.4 is 15.1 Å². The van der Waals surface area contributed by atoms with Crippen molar-refractivity contribution in [2.45, 2.75) is 38.3 Å². The summed E-state index contributed by atoms with van der Waals surface area (Å²) in [6.45, 7) is 3.61. The van der Waals surface area contributed by atoms with Crippen molar-refractivity contribution >= 4 is 29.1 Å². The highest BCUT2D eigenvalue weighted by atomic mass is 16.2. The molecule has 2 aliphatic rings. The molecule has 4 rings (SSSR count). The van der Waals surface area contributed by atoms with Crippen molar-refractivity contribution in [1.82, 2.24) is 10.2 Å². The lowest BCUT2D eigenvalue weighted by atomic mass is 9.98. The Labute approximate surface area is 189 Å². The number of hydrogen-bond donors (Lipinski definition) is 1. The van der Waals surface area contributed by atoms with Crippen LogP contribution in [0.2, 0.25) is 0 Å². The van der Waals surface area contributed by atoms with Crippen LogP contribution in [0.4, 0.5) is 11.4 Å². The average molecular weight is 435 g/mol. The van der Waals surface area contributed by atoms with E-state index in [0.717, 1.165) is 18.7 Å². The summed E-state index contributed by atoms with van der Waals surface area (Å²) in [6, 6.07) is 17.3. The number of benzene rings is 2. The van der Waals surface area contributed by atoms with E-state index in [1.54, 1.807) is 21.9 Å². The molecule has 1 unspecified atom stereocenters. The standard InChI is InChI=1S/C25H30N4O3/c1-25-15-13-23(31)29(25)21-12-7-6-11-20(21)24(32)28(25)18-14-22(30)26-16-8-17-27(2)19-9-4-3-5-10-19/h3-7,9-12H,8,13-18H2,1-2H3,(H,26,30). The minimum absolute atomic E-state index is 0.0180. The molecule has 2 aromatic carbocycles. The number of carbonyl (C=O) groups excluding carboxylic acids is 3. The Morgan fingerprint density at radius 1 is 1.09 bits per heavy atom. The van der Waals surface area contributed by atoms with Crippen LogP contribution in [0, 0.1) is 0 Å². The van der Waals surface area contributed by atoms with Crippen LogP contribution in [0.3, 0.4) is 0 Å². The molecule has 0 aromatic heterocycles. The zero-order valence-corrected chi connectivity index (χ0v) is 18.7. The Hall–Kier alpha value is -3.35. The van der Waals surface area contributed by atoms with Gasteiger partial charge >= 0.3 is 0 Å². The highest BCUT2D eigenvalue weighted by molar-refractivity contribution is 6.10. The van der Waals surface area contributed by atoms with Gasteiger partial charge in [0, 0.05) is 45.2 Å². The summed E-state index contributed by atoms with van der Waals surface area (Å²) < 4.78 is 0. The molecule has 0 spiro atoms. The van der Waals surface area contributed by atoms with Gasteiger partial charge in [-0.1, -0.05) is 30.3 Å². The Morgan fingerprint density at radius 3 is 2.59 bits per heavy atom. The maximum absolute atomic E-state index is 13.2. The second-order valence-electron chi connectivity index (χ2n) is 8.63. The molecule has 2 aliphatic heterocycles. The van der Waals surface area contributed by atoms with Crippen LogP contribution in [-0.2, 0) is 9.59 Å². The Bertz CT molecular complexity index is 1010. The highest BCUT2D eigenvalue weighted by Crippen LogP contribution is 2.43. The minimum atomic E-state index is -0.721. The second-order valence-corrected chi connectivity index (χ2v) is 8.63. The molecule has 1 N–H and O–H groups in total. The normalized spacial score (nSPS) is 19.6. The number of rotatable bonds is 8. The van der Waals surface area contributed by atoms with Crippen LogP contribution in [0.5, 0.6) is 0 Å². The van der Waals surface area contributed by atoms with Gasteiger partial charge in [-0.25, -0.2) is 0 Å². The number of fused-ring (bicyclic) bond motifs is 3. The van der Waals surface area contributed by atoms with Gasteiger partial charge in [-0.15, -0.1) is 0 Å². The van der Waals surface area contributed by atoms with Crippen molar-refractivity contribution in [3.8, 4) is 0 Å². The molecule has 3 amide bonds. The summed E-state index contributed by atoms with van der Waals surface area (Å²) in [4.78, 5) is 43.9. The van der Waals surface area contributed by atoms with Gasteiger partial charge in [0.05, 0.1) is 11.3 Å². The number of amides is 3. The van der Waals surface area contributed by atoms with Crippen molar-refractivity contribution in [2.24, 2.45) is 0 Å². The van der Waals surface area contributed by atoms with Gasteiger partial charge in [-0.2, -0.15) is 0 Å². The van der Waals surface area contributed by atoms with E-state index in [4.69, 9.17) is 0 Å². The Kier molecular flexibility index (Phi) is 6.17. The zero-order valence-electron chi connectivity index (χ0n) is 18.7. The van der Waals surface area contributed by atoms with E-state index in [1.165, 1.54) is 0 Å². The fourth-order valence-electron chi connectivity index (χ4n) is 4.70. The third-order valence-electron chi connectivity index (χ3n) is 6.50. The van der Waals surface area contributed by atoms with E-state index in [-0.39, 0.29) is 30.7 Å². The molecule has 0 bridgehead atoms. The van der Waals surface area contributed by atoms with Gasteiger partial charge in [-0.05, 0) is 44.0 Å². The molecule has 32 heavy (non-hydrogen) atoms. The summed E-state index contributed by atoms with van der Waals surface area (Å²) >= 11 is 0. The smallest absolute Gasteiger partial charge is 0.257 e. The fourth-order valence-corrected chi connectivity index (χ4v) is 4.70. The molecule has 7 nitrogen and oxygen atoms in total. The number of para-hydroxylation sites is 2. The third kappa shape index (κ3) is 4.07. The third-order valence-corrected chi connectivity index (χ3v) is 6.50. The lowest BCUT2D eigenvalue weighted by molar-refractivity contribution is -0.121. The second kappa shape index (κ2) is 9.02. The van der Waals surface area contributed by atoms with Crippen molar-refractivity contribution in [2.75, 3.05) is 36.5 Å². The first-order valence-electron chi connectivity index (χ1n) is 11.2. The van der Waals surface area contributed by atoms with Gasteiger partial charge in [0.15, 0.2) is 0 Å². The predicted molar refractivity (Wildman–Crippen MR) is 125 cm³/mol. The molecule has 1 fully saturated rings. The first-order valence-corrected chi connectivity index (χ1v) is 11.2. The summed E-state index contributed by atoms with van der Waals surface area (Å²) in [5.41, 5.74) is 1.61. The largest absolute Gasteiger partial charge is 0.375 e. The van der Waals surface area contributed by atoms with Crippen LogP contribution in [-0.4, -0.2) is 55.0 Å². The Balaban J connectivity index is 1.32. The molecular formula is C25H30N4O3. The summed E-state index contributed by atoms with van der Waals surface area (Å²) in [7, 11) is 2.03. The minimum Gasteiger partial charge on any atom is -0.375 e. The molecule has 2 heterocycles. The van der Waals surface area contributed by atoms with Gasteiger partial charge in [0.2, 0.25) is 11.8 Å². The van der Waals surface area contributed by atoms with E-state index in [2.05, 4.69) is 22.3 Å². The monoisotopic (exact) mass is 434 g/mol. The first-order chi connectivity index (χ1) is 15.4. The molecule has 0 aliphatic carbocycles. The van der Waals surface area contributed by atoms with E-state index >= 15 is 0 Å². The molecular weight excluding hydrogens is 404 g/mol. The quantitative estimate of drug-likeness (QED) is 0.649. The van der Waals surface area contributed by atoms with E-state index in [0.29, 0.717) is 30.6 Å². The van der Waals surface area contributed by atoms with Crippen molar-refractivity contribution in [3.63, 3.8) is 0 Å². The fraction of sp³-hybridized carbons (Fsp3) is 0.400. The molecule has 168 valence electrons. The molecule has 7 heteroatoms. The van der Waals surface area contributed by atoms with Gasteiger partial charge in [0.25, 0.3) is 5.91 Å². The van der Waals surface area contributed by atoms with E-state index in [1.807, 2.05) is 44.3 Å². The molecule has 1 saturated heterocycles. The lowest BCUT2D eigenvalue weighted by Crippen LogP contribution is -2.62. The van der Waals surface area contributed by atoms with Crippen molar-refractivity contribution < 1.29 is 14.4 Å². The maximum atomic E-state index is 13.2. The highest BCUT2D eigenvalue weighted by Gasteiger charge is 2.52. The predicted octanol–water partition coefficient (Wildman–Crippen LogP) is 3.02. The number of hydrogen-bond acceptors (Lipinski definition) is 4. The van der Waals surface area contributed by atoms with Crippen LogP contribution in [0.15, 0.2) is 54.6 Å². The maximum Gasteiger partial charge on any atom is 0.257 e. The Morgan fingerprint density at radius 2 is 1.81 bits per heavy atom. The lowest BCUT2D eigenvalue weighted by Gasteiger charge is -2.48.